The Morgan fingerprint density at radius 2 is 2.00 bits per heavy atom. The van der Waals surface area contributed by atoms with Gasteiger partial charge in [0.25, 0.3) is 5.92 Å². The normalized spacial score (nSPS) is 12.2. The Balaban J connectivity index is 2.65. The molecular formula is C12H15BrF3NO. The van der Waals surface area contributed by atoms with E-state index in [1.54, 1.807) is 0 Å². The van der Waals surface area contributed by atoms with E-state index in [1.807, 2.05) is 19.0 Å². The quantitative estimate of drug-likeness (QED) is 0.744. The first kappa shape index (κ1) is 15.5. The number of hydrogen-bond donors (Lipinski definition) is 0. The van der Waals surface area contributed by atoms with E-state index in [1.165, 1.54) is 12.1 Å². The summed E-state index contributed by atoms with van der Waals surface area (Å²) in [5.74, 6) is -4.28. The number of alkyl halides is 2. The van der Waals surface area contributed by atoms with Crippen LogP contribution in [0.1, 0.15) is 5.56 Å². The van der Waals surface area contributed by atoms with Crippen LogP contribution in [0.3, 0.4) is 0 Å². The van der Waals surface area contributed by atoms with E-state index in [2.05, 4.69) is 15.9 Å². The van der Waals surface area contributed by atoms with Crippen LogP contribution in [-0.4, -0.2) is 38.8 Å². The van der Waals surface area contributed by atoms with Crippen molar-refractivity contribution in [3.05, 3.63) is 34.1 Å². The Morgan fingerprint density at radius 1 is 1.33 bits per heavy atom. The van der Waals surface area contributed by atoms with Crippen molar-refractivity contribution in [1.82, 2.24) is 4.90 Å². The molecular weight excluding hydrogens is 311 g/mol. The second kappa shape index (κ2) is 6.54. The van der Waals surface area contributed by atoms with Crippen molar-refractivity contribution in [2.24, 2.45) is 0 Å². The lowest BCUT2D eigenvalue weighted by molar-refractivity contribution is -0.0861. The van der Waals surface area contributed by atoms with Gasteiger partial charge in [-0.2, -0.15) is 8.78 Å². The lowest BCUT2D eigenvalue weighted by Crippen LogP contribution is -2.26. The first-order valence-corrected chi connectivity index (χ1v) is 6.18. The molecule has 0 aliphatic rings. The molecule has 0 spiro atoms. The zero-order chi connectivity index (χ0) is 13.8. The van der Waals surface area contributed by atoms with Crippen LogP contribution in [0.15, 0.2) is 22.7 Å². The van der Waals surface area contributed by atoms with Crippen LogP contribution in [0.2, 0.25) is 0 Å². The number of benzene rings is 1. The highest BCUT2D eigenvalue weighted by Crippen LogP contribution is 2.33. The van der Waals surface area contributed by atoms with Crippen LogP contribution >= 0.6 is 15.9 Å². The topological polar surface area (TPSA) is 12.5 Å². The minimum absolute atomic E-state index is 0.0213. The minimum atomic E-state index is -3.33. The molecule has 0 aromatic heterocycles. The van der Waals surface area contributed by atoms with E-state index >= 15 is 0 Å². The number of halogens is 4. The summed E-state index contributed by atoms with van der Waals surface area (Å²) in [6.45, 7) is -0.108. The van der Waals surface area contributed by atoms with Crippen LogP contribution in [0.5, 0.6) is 0 Å². The van der Waals surface area contributed by atoms with E-state index in [9.17, 15) is 13.2 Å². The van der Waals surface area contributed by atoms with Gasteiger partial charge in [0.05, 0.1) is 16.6 Å². The standard InChI is InChI=1S/C12H15BrF3NO/c1-17(2)6-7-18-8-12(15,16)9-4-3-5-10(13)11(9)14/h3-5H,6-8H2,1-2H3. The molecule has 0 radical (unpaired) electrons. The van der Waals surface area contributed by atoms with E-state index in [4.69, 9.17) is 4.74 Å². The van der Waals surface area contributed by atoms with Crippen molar-refractivity contribution in [3.8, 4) is 0 Å². The first-order chi connectivity index (χ1) is 8.34. The van der Waals surface area contributed by atoms with Crippen molar-refractivity contribution in [2.45, 2.75) is 5.92 Å². The number of ether oxygens (including phenoxy) is 1. The molecule has 18 heavy (non-hydrogen) atoms. The summed E-state index contributed by atoms with van der Waals surface area (Å²) < 4.78 is 45.9. The van der Waals surface area contributed by atoms with Gasteiger partial charge in [-0.05, 0) is 42.2 Å². The summed E-state index contributed by atoms with van der Waals surface area (Å²) in [6, 6.07) is 3.81. The van der Waals surface area contributed by atoms with Gasteiger partial charge >= 0.3 is 0 Å². The van der Waals surface area contributed by atoms with Crippen molar-refractivity contribution < 1.29 is 17.9 Å². The Kier molecular flexibility index (Phi) is 5.62. The van der Waals surface area contributed by atoms with Crippen LogP contribution in [-0.2, 0) is 10.7 Å². The Bertz CT molecular complexity index is 399. The highest BCUT2D eigenvalue weighted by molar-refractivity contribution is 9.10. The summed E-state index contributed by atoms with van der Waals surface area (Å²) in [6.07, 6.45) is 0. The molecule has 0 atom stereocenters. The average molecular weight is 326 g/mol. The van der Waals surface area contributed by atoms with Crippen molar-refractivity contribution in [2.75, 3.05) is 33.9 Å². The number of rotatable bonds is 6. The molecule has 1 aromatic rings. The van der Waals surface area contributed by atoms with Gasteiger partial charge in [-0.25, -0.2) is 4.39 Å². The molecule has 1 rings (SSSR count). The van der Waals surface area contributed by atoms with E-state index in [0.717, 1.165) is 6.07 Å². The average Bonchev–Trinajstić information content (AvgIpc) is 2.28. The summed E-state index contributed by atoms with van der Waals surface area (Å²) in [5.41, 5.74) is -0.651. The Morgan fingerprint density at radius 3 is 2.61 bits per heavy atom. The summed E-state index contributed by atoms with van der Waals surface area (Å²) in [4.78, 5) is 1.82. The van der Waals surface area contributed by atoms with Gasteiger partial charge in [0, 0.05) is 6.54 Å². The third-order valence-corrected chi connectivity index (χ3v) is 2.92. The monoisotopic (exact) mass is 325 g/mol. The molecule has 0 N–H and O–H groups in total. The maximum absolute atomic E-state index is 13.7. The molecule has 6 heteroatoms. The second-order valence-electron chi connectivity index (χ2n) is 4.16. The molecule has 0 fully saturated rings. The molecule has 0 aliphatic carbocycles. The lowest BCUT2D eigenvalue weighted by atomic mass is 10.1. The fourth-order valence-electron chi connectivity index (χ4n) is 1.31. The molecule has 0 bridgehead atoms. The van der Waals surface area contributed by atoms with Crippen LogP contribution in [0, 0.1) is 5.82 Å². The predicted molar refractivity (Wildman–Crippen MR) is 67.4 cm³/mol. The summed E-state index contributed by atoms with van der Waals surface area (Å²) in [5, 5.41) is 0. The summed E-state index contributed by atoms with van der Waals surface area (Å²) in [7, 11) is 3.63. The maximum atomic E-state index is 13.7. The van der Waals surface area contributed by atoms with Gasteiger partial charge in [0.1, 0.15) is 12.4 Å². The SMILES string of the molecule is CN(C)CCOCC(F)(F)c1cccc(Br)c1F. The number of hydrogen-bond acceptors (Lipinski definition) is 2. The lowest BCUT2D eigenvalue weighted by Gasteiger charge is -2.18. The predicted octanol–water partition coefficient (Wildman–Crippen LogP) is 3.26. The Hall–Kier alpha value is -0.590. The van der Waals surface area contributed by atoms with Gasteiger partial charge in [-0.3, -0.25) is 0 Å². The summed E-state index contributed by atoms with van der Waals surface area (Å²) >= 11 is 2.88. The minimum Gasteiger partial charge on any atom is -0.373 e. The zero-order valence-corrected chi connectivity index (χ0v) is 11.8. The molecule has 2 nitrogen and oxygen atoms in total. The van der Waals surface area contributed by atoms with Crippen LogP contribution < -0.4 is 0 Å². The first-order valence-electron chi connectivity index (χ1n) is 5.39. The van der Waals surface area contributed by atoms with Gasteiger partial charge in [-0.1, -0.05) is 6.07 Å². The number of nitrogens with zero attached hydrogens (tertiary/aromatic N) is 1. The van der Waals surface area contributed by atoms with E-state index in [0.29, 0.717) is 6.54 Å². The fraction of sp³-hybridized carbons (Fsp3) is 0.500. The van der Waals surface area contributed by atoms with Crippen molar-refractivity contribution in [1.29, 1.82) is 0 Å². The Labute approximate surface area is 113 Å². The molecule has 102 valence electrons. The molecule has 0 unspecified atom stereocenters. The molecule has 0 aliphatic heterocycles. The largest absolute Gasteiger partial charge is 0.373 e. The zero-order valence-electron chi connectivity index (χ0n) is 10.2. The van der Waals surface area contributed by atoms with Gasteiger partial charge < -0.3 is 9.64 Å². The van der Waals surface area contributed by atoms with Crippen molar-refractivity contribution >= 4 is 15.9 Å². The second-order valence-corrected chi connectivity index (χ2v) is 5.02. The molecule has 1 aromatic carbocycles. The highest BCUT2D eigenvalue weighted by Gasteiger charge is 2.35. The van der Waals surface area contributed by atoms with Gasteiger partial charge in [0.15, 0.2) is 0 Å². The van der Waals surface area contributed by atoms with Crippen LogP contribution in [0.4, 0.5) is 13.2 Å². The molecule has 0 heterocycles. The molecule has 0 saturated heterocycles. The van der Waals surface area contributed by atoms with Gasteiger partial charge in [-0.15, -0.1) is 0 Å². The van der Waals surface area contributed by atoms with E-state index in [-0.39, 0.29) is 11.1 Å². The molecule has 0 amide bonds. The van der Waals surface area contributed by atoms with Crippen LogP contribution in [0.25, 0.3) is 0 Å². The maximum Gasteiger partial charge on any atom is 0.298 e. The fourth-order valence-corrected chi connectivity index (χ4v) is 1.68. The third-order valence-electron chi connectivity index (χ3n) is 2.31. The van der Waals surface area contributed by atoms with Gasteiger partial charge in [0.2, 0.25) is 0 Å². The third kappa shape index (κ3) is 4.26. The number of likely N-dealkylation sites (N-methyl/N-ethyl adjacent to an activating group) is 1. The molecule has 0 saturated carbocycles. The van der Waals surface area contributed by atoms with Crippen molar-refractivity contribution in [3.63, 3.8) is 0 Å². The smallest absolute Gasteiger partial charge is 0.298 e. The highest BCUT2D eigenvalue weighted by atomic mass is 79.9. The van der Waals surface area contributed by atoms with E-state index < -0.39 is 23.9 Å².